The first-order chi connectivity index (χ1) is 14.4. The predicted octanol–water partition coefficient (Wildman–Crippen LogP) is 5.07. The zero-order valence-electron chi connectivity index (χ0n) is 17.0. The van der Waals surface area contributed by atoms with E-state index in [0.29, 0.717) is 17.9 Å². The number of nitrogens with zero attached hydrogens (tertiary/aromatic N) is 1. The minimum absolute atomic E-state index is 0.171. The van der Waals surface area contributed by atoms with Crippen molar-refractivity contribution >= 4 is 23.3 Å². The van der Waals surface area contributed by atoms with Gasteiger partial charge in [-0.1, -0.05) is 18.2 Å². The Hall–Kier alpha value is -3.19. The van der Waals surface area contributed by atoms with Crippen molar-refractivity contribution in [2.75, 3.05) is 7.11 Å². The first-order valence-electron chi connectivity index (χ1n) is 9.40. The number of rotatable bonds is 8. The lowest BCUT2D eigenvalue weighted by Crippen LogP contribution is -2.24. The Kier molecular flexibility index (Phi) is 7.19. The third-order valence-electron chi connectivity index (χ3n) is 4.37. The Labute approximate surface area is 179 Å². The molecule has 0 bridgehead atoms. The maximum absolute atomic E-state index is 13.9. The third-order valence-corrected chi connectivity index (χ3v) is 5.20. The van der Waals surface area contributed by atoms with Crippen molar-refractivity contribution in [2.45, 2.75) is 26.5 Å². The van der Waals surface area contributed by atoms with Gasteiger partial charge in [-0.15, -0.1) is 11.3 Å². The fraction of sp³-hybridized carbons (Fsp3) is 0.217. The Morgan fingerprint density at radius 2 is 2.13 bits per heavy atom. The molecular formula is C23H23FN2O3S. The molecule has 1 heterocycles. The highest BCUT2D eigenvalue weighted by molar-refractivity contribution is 7.09. The van der Waals surface area contributed by atoms with Crippen LogP contribution in [-0.4, -0.2) is 18.0 Å². The molecule has 0 saturated heterocycles. The van der Waals surface area contributed by atoms with Crippen molar-refractivity contribution in [1.82, 2.24) is 10.3 Å². The first kappa shape index (κ1) is 21.5. The molecule has 1 aromatic heterocycles. The summed E-state index contributed by atoms with van der Waals surface area (Å²) in [6.45, 7) is 4.15. The second kappa shape index (κ2) is 10.0. The minimum atomic E-state index is -0.462. The number of ether oxygens (including phenoxy) is 2. The monoisotopic (exact) mass is 426 g/mol. The molecule has 5 nitrogen and oxygen atoms in total. The van der Waals surface area contributed by atoms with E-state index in [1.165, 1.54) is 19.3 Å². The zero-order chi connectivity index (χ0) is 21.5. The van der Waals surface area contributed by atoms with Gasteiger partial charge in [-0.05, 0) is 55.3 Å². The number of aryl methyl sites for hydroxylation is 1. The Morgan fingerprint density at radius 1 is 1.30 bits per heavy atom. The summed E-state index contributed by atoms with van der Waals surface area (Å²) >= 11 is 1.59. The molecule has 0 spiro atoms. The molecule has 156 valence electrons. The van der Waals surface area contributed by atoms with E-state index in [-0.39, 0.29) is 17.7 Å². The standard InChI is InChI=1S/C23H23FN2O3S/c1-15(18-8-9-22(28-3)21(24)12-18)25-23(27)10-7-17-5-4-6-20(11-17)29-13-19-14-30-16(2)26-19/h4-12,14-15H,13H2,1-3H3,(H,25,27)/b10-7+/t15-/m1/s1. The molecule has 3 rings (SSSR count). The fourth-order valence-electron chi connectivity index (χ4n) is 2.81. The van der Waals surface area contributed by atoms with Crippen LogP contribution in [0.1, 0.15) is 34.8 Å². The molecule has 0 aliphatic heterocycles. The van der Waals surface area contributed by atoms with Gasteiger partial charge in [0.15, 0.2) is 11.6 Å². The molecule has 1 N–H and O–H groups in total. The van der Waals surface area contributed by atoms with Crippen LogP contribution in [-0.2, 0) is 11.4 Å². The molecule has 3 aromatic rings. The van der Waals surface area contributed by atoms with Crippen LogP contribution >= 0.6 is 11.3 Å². The highest BCUT2D eigenvalue weighted by Crippen LogP contribution is 2.22. The van der Waals surface area contributed by atoms with E-state index in [2.05, 4.69) is 10.3 Å². The molecule has 0 saturated carbocycles. The van der Waals surface area contributed by atoms with E-state index in [1.54, 1.807) is 36.5 Å². The second-order valence-electron chi connectivity index (χ2n) is 6.68. The summed E-state index contributed by atoms with van der Waals surface area (Å²) in [5.41, 5.74) is 2.38. The van der Waals surface area contributed by atoms with Gasteiger partial charge in [0.25, 0.3) is 0 Å². The summed E-state index contributed by atoms with van der Waals surface area (Å²) in [7, 11) is 1.41. The highest BCUT2D eigenvalue weighted by Gasteiger charge is 2.11. The maximum Gasteiger partial charge on any atom is 0.244 e. The summed E-state index contributed by atoms with van der Waals surface area (Å²) in [6, 6.07) is 11.7. The Bertz CT molecular complexity index is 1050. The van der Waals surface area contributed by atoms with Crippen LogP contribution in [0.15, 0.2) is 53.9 Å². The molecular weight excluding hydrogens is 403 g/mol. The summed E-state index contributed by atoms with van der Waals surface area (Å²) in [5, 5.41) is 5.80. The number of methoxy groups -OCH3 is 1. The van der Waals surface area contributed by atoms with Gasteiger partial charge in [0.1, 0.15) is 12.4 Å². The lowest BCUT2D eigenvalue weighted by atomic mass is 10.1. The number of hydrogen-bond acceptors (Lipinski definition) is 5. The summed E-state index contributed by atoms with van der Waals surface area (Å²) in [5.74, 6) is 0.133. The molecule has 1 atom stereocenters. The maximum atomic E-state index is 13.9. The summed E-state index contributed by atoms with van der Waals surface area (Å²) in [6.07, 6.45) is 3.15. The third kappa shape index (κ3) is 5.90. The van der Waals surface area contributed by atoms with Crippen molar-refractivity contribution < 1.29 is 18.7 Å². The van der Waals surface area contributed by atoms with Gasteiger partial charge in [-0.25, -0.2) is 9.37 Å². The highest BCUT2D eigenvalue weighted by atomic mass is 32.1. The second-order valence-corrected chi connectivity index (χ2v) is 7.74. The zero-order valence-corrected chi connectivity index (χ0v) is 17.8. The van der Waals surface area contributed by atoms with Crippen LogP contribution in [0.3, 0.4) is 0 Å². The Balaban J connectivity index is 1.57. The average Bonchev–Trinajstić information content (AvgIpc) is 3.16. The summed E-state index contributed by atoms with van der Waals surface area (Å²) in [4.78, 5) is 16.6. The number of aromatic nitrogens is 1. The molecule has 0 radical (unpaired) electrons. The van der Waals surface area contributed by atoms with Crippen LogP contribution in [0.25, 0.3) is 6.08 Å². The van der Waals surface area contributed by atoms with Crippen LogP contribution < -0.4 is 14.8 Å². The van der Waals surface area contributed by atoms with E-state index in [9.17, 15) is 9.18 Å². The lowest BCUT2D eigenvalue weighted by Gasteiger charge is -2.14. The van der Waals surface area contributed by atoms with Gasteiger partial charge in [-0.2, -0.15) is 0 Å². The average molecular weight is 427 g/mol. The molecule has 0 fully saturated rings. The van der Waals surface area contributed by atoms with Crippen molar-refractivity contribution in [3.8, 4) is 11.5 Å². The normalized spacial score (nSPS) is 12.0. The van der Waals surface area contributed by atoms with E-state index >= 15 is 0 Å². The van der Waals surface area contributed by atoms with Crippen molar-refractivity contribution in [3.05, 3.63) is 81.6 Å². The van der Waals surface area contributed by atoms with Crippen LogP contribution in [0.5, 0.6) is 11.5 Å². The molecule has 30 heavy (non-hydrogen) atoms. The van der Waals surface area contributed by atoms with Crippen LogP contribution in [0.4, 0.5) is 4.39 Å². The van der Waals surface area contributed by atoms with Gasteiger partial charge in [0, 0.05) is 11.5 Å². The van der Waals surface area contributed by atoms with Crippen LogP contribution in [0, 0.1) is 12.7 Å². The first-order valence-corrected chi connectivity index (χ1v) is 10.3. The number of amides is 1. The minimum Gasteiger partial charge on any atom is -0.494 e. The number of halogens is 1. The lowest BCUT2D eigenvalue weighted by molar-refractivity contribution is -0.117. The predicted molar refractivity (Wildman–Crippen MR) is 116 cm³/mol. The number of thiazole rings is 1. The number of carbonyl (C=O) groups excluding carboxylic acids is 1. The van der Waals surface area contributed by atoms with E-state index in [4.69, 9.17) is 9.47 Å². The molecule has 1 amide bonds. The largest absolute Gasteiger partial charge is 0.494 e. The topological polar surface area (TPSA) is 60.5 Å². The molecule has 0 aliphatic rings. The van der Waals surface area contributed by atoms with Crippen molar-refractivity contribution in [2.24, 2.45) is 0 Å². The van der Waals surface area contributed by atoms with Crippen LogP contribution in [0.2, 0.25) is 0 Å². The SMILES string of the molecule is COc1ccc([C@@H](C)NC(=O)/C=C/c2cccc(OCc3csc(C)n3)c2)cc1F. The van der Waals surface area contributed by atoms with Gasteiger partial charge in [0.2, 0.25) is 5.91 Å². The number of benzene rings is 2. The van der Waals surface area contributed by atoms with Crippen molar-refractivity contribution in [1.29, 1.82) is 0 Å². The fourth-order valence-corrected chi connectivity index (χ4v) is 3.41. The Morgan fingerprint density at radius 3 is 2.83 bits per heavy atom. The molecule has 0 aliphatic carbocycles. The van der Waals surface area contributed by atoms with Gasteiger partial charge >= 0.3 is 0 Å². The van der Waals surface area contributed by atoms with Gasteiger partial charge < -0.3 is 14.8 Å². The summed E-state index contributed by atoms with van der Waals surface area (Å²) < 4.78 is 24.5. The smallest absolute Gasteiger partial charge is 0.244 e. The number of nitrogens with one attached hydrogen (secondary N) is 1. The van der Waals surface area contributed by atoms with Gasteiger partial charge in [0.05, 0.1) is 23.9 Å². The molecule has 0 unspecified atom stereocenters. The number of hydrogen-bond donors (Lipinski definition) is 1. The molecule has 2 aromatic carbocycles. The number of carbonyl (C=O) groups is 1. The van der Waals surface area contributed by atoms with Crippen molar-refractivity contribution in [3.63, 3.8) is 0 Å². The van der Waals surface area contributed by atoms with E-state index in [0.717, 1.165) is 16.3 Å². The van der Waals surface area contributed by atoms with E-state index < -0.39 is 5.82 Å². The van der Waals surface area contributed by atoms with Gasteiger partial charge in [-0.3, -0.25) is 4.79 Å². The molecule has 7 heteroatoms. The van der Waals surface area contributed by atoms with E-state index in [1.807, 2.05) is 36.6 Å². The quantitative estimate of drug-likeness (QED) is 0.511.